The van der Waals surface area contributed by atoms with Gasteiger partial charge in [0.25, 0.3) is 5.91 Å². The molecule has 0 aliphatic heterocycles. The average Bonchev–Trinajstić information content (AvgIpc) is 2.68. The van der Waals surface area contributed by atoms with Crippen molar-refractivity contribution in [2.45, 2.75) is 43.0 Å². The highest BCUT2D eigenvalue weighted by molar-refractivity contribution is 7.98. The third kappa shape index (κ3) is 5.67. The van der Waals surface area contributed by atoms with Crippen molar-refractivity contribution < 1.29 is 4.79 Å². The van der Waals surface area contributed by atoms with E-state index in [9.17, 15) is 4.79 Å². The summed E-state index contributed by atoms with van der Waals surface area (Å²) in [7, 11) is 0. The van der Waals surface area contributed by atoms with Crippen molar-refractivity contribution in [1.29, 1.82) is 0 Å². The molecule has 1 fully saturated rings. The Balaban J connectivity index is 1.47. The van der Waals surface area contributed by atoms with Crippen LogP contribution in [-0.2, 0) is 5.75 Å². The number of rotatable bonds is 6. The highest BCUT2D eigenvalue weighted by Gasteiger charge is 2.11. The van der Waals surface area contributed by atoms with E-state index < -0.39 is 0 Å². The molecule has 1 aliphatic carbocycles. The lowest BCUT2D eigenvalue weighted by Gasteiger charge is -2.16. The number of carbonyl (C=O) groups is 1. The fourth-order valence-corrected chi connectivity index (χ4v) is 3.57. The Labute approximate surface area is 152 Å². The van der Waals surface area contributed by atoms with Crippen LogP contribution in [0.25, 0.3) is 0 Å². The molecule has 1 N–H and O–H groups in total. The Hall–Kier alpha value is -2.21. The molecule has 2 aromatic rings. The second-order valence-corrected chi connectivity index (χ2v) is 7.08. The SMILES string of the molecule is O=C(N/N=C/C1CCCCC1)c1ccc(CSc2ncccn2)cc1. The molecule has 1 aliphatic rings. The summed E-state index contributed by atoms with van der Waals surface area (Å²) in [4.78, 5) is 20.5. The van der Waals surface area contributed by atoms with Crippen molar-refractivity contribution >= 4 is 23.9 Å². The monoisotopic (exact) mass is 354 g/mol. The van der Waals surface area contributed by atoms with Crippen LogP contribution in [0.5, 0.6) is 0 Å². The van der Waals surface area contributed by atoms with Crippen LogP contribution >= 0.6 is 11.8 Å². The maximum absolute atomic E-state index is 12.1. The Morgan fingerprint density at radius 2 is 1.88 bits per heavy atom. The molecule has 0 atom stereocenters. The summed E-state index contributed by atoms with van der Waals surface area (Å²) in [5.41, 5.74) is 4.37. The summed E-state index contributed by atoms with van der Waals surface area (Å²) in [5.74, 6) is 1.11. The van der Waals surface area contributed by atoms with Gasteiger partial charge in [-0.2, -0.15) is 5.10 Å². The van der Waals surface area contributed by atoms with Crippen LogP contribution in [-0.4, -0.2) is 22.1 Å². The zero-order chi connectivity index (χ0) is 17.3. The van der Waals surface area contributed by atoms with Crippen molar-refractivity contribution in [1.82, 2.24) is 15.4 Å². The van der Waals surface area contributed by atoms with Gasteiger partial charge in [-0.3, -0.25) is 4.79 Å². The largest absolute Gasteiger partial charge is 0.271 e. The number of hydrazone groups is 1. The molecule has 6 heteroatoms. The van der Waals surface area contributed by atoms with E-state index in [-0.39, 0.29) is 5.91 Å². The molecule has 0 radical (unpaired) electrons. The number of nitrogens with zero attached hydrogens (tertiary/aromatic N) is 3. The van der Waals surface area contributed by atoms with Crippen molar-refractivity contribution in [3.63, 3.8) is 0 Å². The molecule has 0 saturated heterocycles. The summed E-state index contributed by atoms with van der Waals surface area (Å²) in [5, 5.41) is 4.88. The second-order valence-electron chi connectivity index (χ2n) is 6.13. The Bertz CT molecular complexity index is 697. The maximum atomic E-state index is 12.1. The van der Waals surface area contributed by atoms with Gasteiger partial charge in [-0.15, -0.1) is 0 Å². The molecular formula is C19H22N4OS. The third-order valence-electron chi connectivity index (χ3n) is 4.23. The number of hydrogen-bond acceptors (Lipinski definition) is 5. The quantitative estimate of drug-likeness (QED) is 0.368. The first-order chi connectivity index (χ1) is 12.3. The Morgan fingerprint density at radius 3 is 2.60 bits per heavy atom. The van der Waals surface area contributed by atoms with Crippen LogP contribution in [0.15, 0.2) is 53.0 Å². The van der Waals surface area contributed by atoms with Crippen LogP contribution in [0.3, 0.4) is 0 Å². The van der Waals surface area contributed by atoms with Crippen molar-refractivity contribution in [3.8, 4) is 0 Å². The van der Waals surface area contributed by atoms with E-state index in [1.807, 2.05) is 30.5 Å². The van der Waals surface area contributed by atoms with Crippen LogP contribution in [0, 0.1) is 5.92 Å². The van der Waals surface area contributed by atoms with E-state index in [1.54, 1.807) is 30.2 Å². The highest BCUT2D eigenvalue weighted by Crippen LogP contribution is 2.22. The molecule has 1 saturated carbocycles. The van der Waals surface area contributed by atoms with E-state index in [0.717, 1.165) is 16.5 Å². The van der Waals surface area contributed by atoms with E-state index in [1.165, 1.54) is 32.1 Å². The predicted octanol–water partition coefficient (Wildman–Crippen LogP) is 4.06. The highest BCUT2D eigenvalue weighted by atomic mass is 32.2. The van der Waals surface area contributed by atoms with Gasteiger partial charge in [0.05, 0.1) is 0 Å². The minimum absolute atomic E-state index is 0.169. The number of carbonyl (C=O) groups excluding carboxylic acids is 1. The first-order valence-electron chi connectivity index (χ1n) is 8.63. The van der Waals surface area contributed by atoms with E-state index >= 15 is 0 Å². The predicted molar refractivity (Wildman–Crippen MR) is 101 cm³/mol. The number of nitrogens with one attached hydrogen (secondary N) is 1. The normalized spacial score (nSPS) is 15.4. The molecule has 1 aromatic heterocycles. The van der Waals surface area contributed by atoms with Gasteiger partial charge < -0.3 is 0 Å². The molecule has 3 rings (SSSR count). The summed E-state index contributed by atoms with van der Waals surface area (Å²) in [6.07, 6.45) is 11.6. The van der Waals surface area contributed by atoms with Crippen LogP contribution in [0.2, 0.25) is 0 Å². The smallest absolute Gasteiger partial charge is 0.267 e. The summed E-state index contributed by atoms with van der Waals surface area (Å²) in [6.45, 7) is 0. The molecule has 1 heterocycles. The first kappa shape index (κ1) is 17.6. The molecule has 0 spiro atoms. The van der Waals surface area contributed by atoms with E-state index in [2.05, 4.69) is 20.5 Å². The van der Waals surface area contributed by atoms with Gasteiger partial charge in [-0.1, -0.05) is 43.2 Å². The molecule has 0 bridgehead atoms. The zero-order valence-corrected chi connectivity index (χ0v) is 14.9. The van der Waals surface area contributed by atoms with Crippen LogP contribution < -0.4 is 5.43 Å². The van der Waals surface area contributed by atoms with E-state index in [0.29, 0.717) is 11.5 Å². The minimum Gasteiger partial charge on any atom is -0.267 e. The van der Waals surface area contributed by atoms with Gasteiger partial charge in [-0.05, 0) is 42.5 Å². The summed E-state index contributed by atoms with van der Waals surface area (Å²) in [6, 6.07) is 9.36. The summed E-state index contributed by atoms with van der Waals surface area (Å²) >= 11 is 1.57. The van der Waals surface area contributed by atoms with Gasteiger partial charge >= 0.3 is 0 Å². The molecule has 5 nitrogen and oxygen atoms in total. The maximum Gasteiger partial charge on any atom is 0.271 e. The molecule has 130 valence electrons. The van der Waals surface area contributed by atoms with Gasteiger partial charge in [0.1, 0.15) is 0 Å². The van der Waals surface area contributed by atoms with Gasteiger partial charge in [0, 0.05) is 29.9 Å². The third-order valence-corrected chi connectivity index (χ3v) is 5.17. The fourth-order valence-electron chi connectivity index (χ4n) is 2.81. The average molecular weight is 354 g/mol. The number of aromatic nitrogens is 2. The molecule has 1 amide bonds. The lowest BCUT2D eigenvalue weighted by atomic mass is 9.90. The second kappa shape index (κ2) is 9.32. The lowest BCUT2D eigenvalue weighted by Crippen LogP contribution is -2.19. The van der Waals surface area contributed by atoms with Crippen LogP contribution in [0.4, 0.5) is 0 Å². The fraction of sp³-hybridized carbons (Fsp3) is 0.368. The number of hydrogen-bond donors (Lipinski definition) is 1. The van der Waals surface area contributed by atoms with Gasteiger partial charge in [-0.25, -0.2) is 15.4 Å². The zero-order valence-electron chi connectivity index (χ0n) is 14.1. The molecule has 0 unspecified atom stereocenters. The van der Waals surface area contributed by atoms with Gasteiger partial charge in [0.15, 0.2) is 5.16 Å². The van der Waals surface area contributed by atoms with Crippen LogP contribution in [0.1, 0.15) is 48.0 Å². The minimum atomic E-state index is -0.169. The van der Waals surface area contributed by atoms with Crippen molar-refractivity contribution in [2.75, 3.05) is 0 Å². The van der Waals surface area contributed by atoms with E-state index in [4.69, 9.17) is 0 Å². The number of amides is 1. The molecule has 25 heavy (non-hydrogen) atoms. The number of thioether (sulfide) groups is 1. The van der Waals surface area contributed by atoms with Crippen molar-refractivity contribution in [3.05, 3.63) is 53.9 Å². The Morgan fingerprint density at radius 1 is 1.16 bits per heavy atom. The number of benzene rings is 1. The molecule has 1 aromatic carbocycles. The van der Waals surface area contributed by atoms with Crippen molar-refractivity contribution in [2.24, 2.45) is 11.0 Å². The first-order valence-corrected chi connectivity index (χ1v) is 9.62. The summed E-state index contributed by atoms with van der Waals surface area (Å²) < 4.78 is 0. The molecular weight excluding hydrogens is 332 g/mol. The Kier molecular flexibility index (Phi) is 6.56. The van der Waals surface area contributed by atoms with Gasteiger partial charge in [0.2, 0.25) is 0 Å². The lowest BCUT2D eigenvalue weighted by molar-refractivity contribution is 0.0955. The standard InChI is InChI=1S/C19H22N4OS/c24-18(23-22-13-15-5-2-1-3-6-15)17-9-7-16(8-10-17)14-25-19-20-11-4-12-21-19/h4,7-13,15H,1-3,5-6,14H2,(H,23,24)/b22-13+. The topological polar surface area (TPSA) is 67.2 Å².